The highest BCUT2D eigenvalue weighted by atomic mass is 16.5. The maximum absolute atomic E-state index is 10.6. The van der Waals surface area contributed by atoms with Gasteiger partial charge >= 0.3 is 0 Å². The molecule has 0 atom stereocenters. The molecule has 0 saturated heterocycles. The summed E-state index contributed by atoms with van der Waals surface area (Å²) in [7, 11) is 1.64. The first-order chi connectivity index (χ1) is 11.7. The molecule has 0 spiro atoms. The van der Waals surface area contributed by atoms with E-state index in [1.54, 1.807) is 7.11 Å². The summed E-state index contributed by atoms with van der Waals surface area (Å²) in [6.07, 6.45) is 0. The van der Waals surface area contributed by atoms with Gasteiger partial charge in [-0.3, -0.25) is 4.79 Å². The summed E-state index contributed by atoms with van der Waals surface area (Å²) in [5.41, 5.74) is 6.15. The van der Waals surface area contributed by atoms with Crippen molar-refractivity contribution in [2.75, 3.05) is 26.9 Å². The minimum atomic E-state index is -0.488. The van der Waals surface area contributed by atoms with Crippen LogP contribution in [0.1, 0.15) is 5.56 Å². The monoisotopic (exact) mass is 330 g/mol. The quantitative estimate of drug-likeness (QED) is 0.648. The number of hydrogen-bond acceptors (Lipinski definition) is 5. The molecule has 6 nitrogen and oxygen atoms in total. The van der Waals surface area contributed by atoms with E-state index in [9.17, 15) is 4.79 Å². The smallest absolute Gasteiger partial charge is 0.255 e. The molecular formula is C18H22N2O4. The molecule has 128 valence electrons. The van der Waals surface area contributed by atoms with E-state index in [0.29, 0.717) is 12.4 Å². The van der Waals surface area contributed by atoms with Crippen LogP contribution in [0.5, 0.6) is 17.2 Å². The average molecular weight is 330 g/mol. The lowest BCUT2D eigenvalue weighted by Crippen LogP contribution is -2.21. The minimum absolute atomic E-state index is 0.111. The van der Waals surface area contributed by atoms with Gasteiger partial charge in [-0.05, 0) is 42.0 Å². The fourth-order valence-electron chi connectivity index (χ4n) is 2.00. The second-order valence-electron chi connectivity index (χ2n) is 5.10. The molecule has 0 aromatic heterocycles. The van der Waals surface area contributed by atoms with Crippen LogP contribution in [0.25, 0.3) is 0 Å². The largest absolute Gasteiger partial charge is 0.497 e. The minimum Gasteiger partial charge on any atom is -0.497 e. The molecule has 0 heterocycles. The van der Waals surface area contributed by atoms with Crippen molar-refractivity contribution in [1.82, 2.24) is 5.32 Å². The van der Waals surface area contributed by atoms with E-state index in [4.69, 9.17) is 19.9 Å². The lowest BCUT2D eigenvalue weighted by molar-refractivity contribution is -0.119. The molecule has 0 aliphatic carbocycles. The molecule has 0 radical (unpaired) electrons. The van der Waals surface area contributed by atoms with E-state index in [2.05, 4.69) is 5.32 Å². The Labute approximate surface area is 141 Å². The van der Waals surface area contributed by atoms with Crippen LogP contribution >= 0.6 is 0 Å². The predicted octanol–water partition coefficient (Wildman–Crippen LogP) is 1.73. The van der Waals surface area contributed by atoms with Gasteiger partial charge in [0.1, 0.15) is 23.9 Å². The summed E-state index contributed by atoms with van der Waals surface area (Å²) < 4.78 is 15.9. The Morgan fingerprint density at radius 3 is 2.17 bits per heavy atom. The summed E-state index contributed by atoms with van der Waals surface area (Å²) in [4.78, 5) is 10.6. The van der Waals surface area contributed by atoms with Gasteiger partial charge in [0.05, 0.1) is 7.11 Å². The van der Waals surface area contributed by atoms with Gasteiger partial charge in [0.15, 0.2) is 6.61 Å². The van der Waals surface area contributed by atoms with Crippen LogP contribution in [-0.2, 0) is 11.3 Å². The van der Waals surface area contributed by atoms with E-state index in [-0.39, 0.29) is 6.61 Å². The number of nitrogens with one attached hydrogen (secondary N) is 1. The molecule has 0 saturated carbocycles. The van der Waals surface area contributed by atoms with Crippen molar-refractivity contribution in [2.45, 2.75) is 6.54 Å². The van der Waals surface area contributed by atoms with Crippen LogP contribution in [0.2, 0.25) is 0 Å². The first-order valence-corrected chi connectivity index (χ1v) is 7.65. The molecule has 2 rings (SSSR count). The predicted molar refractivity (Wildman–Crippen MR) is 91.3 cm³/mol. The van der Waals surface area contributed by atoms with Gasteiger partial charge in [-0.1, -0.05) is 12.1 Å². The molecule has 2 aromatic rings. The molecule has 3 N–H and O–H groups in total. The van der Waals surface area contributed by atoms with Crippen LogP contribution in [0.4, 0.5) is 0 Å². The zero-order valence-electron chi connectivity index (χ0n) is 13.7. The van der Waals surface area contributed by atoms with Gasteiger partial charge in [0, 0.05) is 13.1 Å². The van der Waals surface area contributed by atoms with E-state index < -0.39 is 5.91 Å². The van der Waals surface area contributed by atoms with E-state index in [1.807, 2.05) is 48.5 Å². The van der Waals surface area contributed by atoms with E-state index in [0.717, 1.165) is 30.2 Å². The Hall–Kier alpha value is -2.73. The molecule has 0 aliphatic heterocycles. The second-order valence-corrected chi connectivity index (χ2v) is 5.10. The molecule has 1 amide bonds. The maximum atomic E-state index is 10.6. The van der Waals surface area contributed by atoms with E-state index in [1.165, 1.54) is 0 Å². The first-order valence-electron chi connectivity index (χ1n) is 7.65. The summed E-state index contributed by atoms with van der Waals surface area (Å²) in [5, 5.41) is 3.30. The Morgan fingerprint density at radius 1 is 0.958 bits per heavy atom. The van der Waals surface area contributed by atoms with Gasteiger partial charge in [-0.25, -0.2) is 0 Å². The van der Waals surface area contributed by atoms with Gasteiger partial charge in [-0.2, -0.15) is 0 Å². The molecule has 6 heteroatoms. The van der Waals surface area contributed by atoms with Crippen LogP contribution in [-0.4, -0.2) is 32.8 Å². The van der Waals surface area contributed by atoms with Crippen molar-refractivity contribution in [3.05, 3.63) is 54.1 Å². The lowest BCUT2D eigenvalue weighted by atomic mass is 10.2. The normalized spacial score (nSPS) is 10.2. The number of benzene rings is 2. The summed E-state index contributed by atoms with van der Waals surface area (Å²) in [6, 6.07) is 15.0. The van der Waals surface area contributed by atoms with Gasteiger partial charge < -0.3 is 25.3 Å². The zero-order chi connectivity index (χ0) is 17.2. The molecule has 0 aliphatic rings. The number of carbonyl (C=O) groups is 1. The number of carbonyl (C=O) groups excluding carboxylic acids is 1. The Kier molecular flexibility index (Phi) is 6.91. The van der Waals surface area contributed by atoms with Crippen molar-refractivity contribution in [3.8, 4) is 17.2 Å². The van der Waals surface area contributed by atoms with Gasteiger partial charge in [0.25, 0.3) is 5.91 Å². The highest BCUT2D eigenvalue weighted by Crippen LogP contribution is 2.16. The zero-order valence-corrected chi connectivity index (χ0v) is 13.7. The number of rotatable bonds is 10. The Morgan fingerprint density at radius 2 is 1.54 bits per heavy atom. The topological polar surface area (TPSA) is 82.8 Å². The number of primary amides is 1. The summed E-state index contributed by atoms with van der Waals surface area (Å²) in [5.74, 6) is 1.76. The maximum Gasteiger partial charge on any atom is 0.255 e. The summed E-state index contributed by atoms with van der Waals surface area (Å²) >= 11 is 0. The molecule has 0 fully saturated rings. The third kappa shape index (κ3) is 6.18. The Balaban J connectivity index is 1.63. The third-order valence-corrected chi connectivity index (χ3v) is 3.24. The number of methoxy groups -OCH3 is 1. The number of ether oxygens (including phenoxy) is 3. The van der Waals surface area contributed by atoms with Crippen LogP contribution in [0.15, 0.2) is 48.5 Å². The third-order valence-electron chi connectivity index (χ3n) is 3.24. The Bertz CT molecular complexity index is 626. The van der Waals surface area contributed by atoms with Crippen LogP contribution in [0, 0.1) is 0 Å². The van der Waals surface area contributed by atoms with Crippen molar-refractivity contribution in [2.24, 2.45) is 5.73 Å². The molecule has 2 aromatic carbocycles. The SMILES string of the molecule is COc1ccc(OCCNCc2ccc(OCC(N)=O)cc2)cc1. The standard InChI is InChI=1S/C18H22N2O4/c1-22-15-6-8-16(9-7-15)23-11-10-20-12-14-2-4-17(5-3-14)24-13-18(19)21/h2-9,20H,10-13H2,1H3,(H2,19,21). The molecule has 0 unspecified atom stereocenters. The number of nitrogens with two attached hydrogens (primary N) is 1. The summed E-state index contributed by atoms with van der Waals surface area (Å²) in [6.45, 7) is 1.92. The number of hydrogen-bond donors (Lipinski definition) is 2. The van der Waals surface area contributed by atoms with Crippen LogP contribution < -0.4 is 25.3 Å². The highest BCUT2D eigenvalue weighted by Gasteiger charge is 1.99. The molecule has 0 bridgehead atoms. The average Bonchev–Trinajstić information content (AvgIpc) is 2.61. The first kappa shape index (κ1) is 17.6. The van der Waals surface area contributed by atoms with Crippen molar-refractivity contribution in [1.29, 1.82) is 0 Å². The van der Waals surface area contributed by atoms with Crippen LogP contribution in [0.3, 0.4) is 0 Å². The molecular weight excluding hydrogens is 308 g/mol. The lowest BCUT2D eigenvalue weighted by Gasteiger charge is -2.09. The fourth-order valence-corrected chi connectivity index (χ4v) is 2.00. The highest BCUT2D eigenvalue weighted by molar-refractivity contribution is 5.75. The van der Waals surface area contributed by atoms with Crippen molar-refractivity contribution >= 4 is 5.91 Å². The van der Waals surface area contributed by atoms with Gasteiger partial charge in [0.2, 0.25) is 0 Å². The van der Waals surface area contributed by atoms with Crippen molar-refractivity contribution in [3.63, 3.8) is 0 Å². The van der Waals surface area contributed by atoms with E-state index >= 15 is 0 Å². The number of amides is 1. The van der Waals surface area contributed by atoms with Gasteiger partial charge in [-0.15, -0.1) is 0 Å². The fraction of sp³-hybridized carbons (Fsp3) is 0.278. The molecule has 24 heavy (non-hydrogen) atoms. The van der Waals surface area contributed by atoms with Crippen molar-refractivity contribution < 1.29 is 19.0 Å². The second kappa shape index (κ2) is 9.42.